The molecule has 4 aliphatic heterocycles. The van der Waals surface area contributed by atoms with Gasteiger partial charge in [-0.15, -0.1) is 0 Å². The van der Waals surface area contributed by atoms with Crippen molar-refractivity contribution >= 4 is 51.4 Å². The minimum Gasteiger partial charge on any atom is -0.465 e. The van der Waals surface area contributed by atoms with E-state index >= 15 is 0 Å². The lowest BCUT2D eigenvalue weighted by atomic mass is 9.87. The van der Waals surface area contributed by atoms with Gasteiger partial charge in [-0.1, -0.05) is 0 Å². The maximum Gasteiger partial charge on any atom is 0.407 e. The number of carboxylic acid groups (broad SMARTS) is 1. The average Bonchev–Trinajstić information content (AvgIpc) is 3.49. The maximum absolute atomic E-state index is 12.4. The summed E-state index contributed by atoms with van der Waals surface area (Å²) < 4.78 is 13.7. The van der Waals surface area contributed by atoms with E-state index in [1.807, 2.05) is 49.2 Å². The highest BCUT2D eigenvalue weighted by molar-refractivity contribution is 9.10. The molecule has 0 radical (unpaired) electrons. The molecule has 0 spiro atoms. The van der Waals surface area contributed by atoms with E-state index in [2.05, 4.69) is 25.9 Å². The number of halogens is 1. The molecule has 5 rings (SSSR count). The lowest BCUT2D eigenvalue weighted by Gasteiger charge is -2.44. The molecule has 204 valence electrons. The molecule has 1 aromatic carbocycles. The Balaban J connectivity index is 1.41. The highest BCUT2D eigenvalue weighted by Crippen LogP contribution is 2.43. The van der Waals surface area contributed by atoms with Crippen molar-refractivity contribution in [2.45, 2.75) is 68.2 Å². The van der Waals surface area contributed by atoms with E-state index in [1.54, 1.807) is 11.2 Å². The van der Waals surface area contributed by atoms with Crippen molar-refractivity contribution in [1.29, 1.82) is 0 Å². The third kappa shape index (κ3) is 5.64. The summed E-state index contributed by atoms with van der Waals surface area (Å²) in [6.45, 7) is 6.63. The summed E-state index contributed by atoms with van der Waals surface area (Å²) in [5, 5.41) is 10.7. The van der Waals surface area contributed by atoms with Crippen LogP contribution in [0.3, 0.4) is 0 Å². The first-order chi connectivity index (χ1) is 18.1. The van der Waals surface area contributed by atoms with E-state index in [9.17, 15) is 9.90 Å². The van der Waals surface area contributed by atoms with Crippen LogP contribution in [0.2, 0.25) is 0 Å². The van der Waals surface area contributed by atoms with Crippen LogP contribution in [0.4, 0.5) is 10.6 Å². The molecule has 38 heavy (non-hydrogen) atoms. The average molecular weight is 624 g/mol. The Morgan fingerprint density at radius 3 is 2.68 bits per heavy atom. The third-order valence-electron chi connectivity index (χ3n) is 6.84. The first-order valence-electron chi connectivity index (χ1n) is 12.5. The van der Waals surface area contributed by atoms with Gasteiger partial charge in [0.15, 0.2) is 34.0 Å². The number of imidazole rings is 1. The zero-order valence-electron chi connectivity index (χ0n) is 21.5. The van der Waals surface area contributed by atoms with Gasteiger partial charge in [0, 0.05) is 27.5 Å². The topological polar surface area (TPSA) is 129 Å². The third-order valence-corrected chi connectivity index (χ3v) is 9.73. The fraction of sp³-hybridized carbons (Fsp3) is 0.520. The van der Waals surface area contributed by atoms with E-state index in [1.165, 1.54) is 11.8 Å². The molecule has 1 unspecified atom stereocenters. The van der Waals surface area contributed by atoms with Crippen molar-refractivity contribution in [3.05, 3.63) is 22.9 Å². The zero-order valence-corrected chi connectivity index (χ0v) is 24.7. The molecule has 1 aromatic rings. The summed E-state index contributed by atoms with van der Waals surface area (Å²) in [6, 6.07) is 3.65. The Bertz CT molecular complexity index is 1290. The lowest BCUT2D eigenvalue weighted by Crippen LogP contribution is -2.54. The standard InChI is InChI=1S/C25H31BrN6O4S2/c1-25(2,3)32(24(33)34)16(14-5-8-37-9-6-14)4-7-31-12-28-21(27)20-22(31)30-23(29-20)38-19-11-18-17(10-15(19)26)35-13-36-18/h10-12,14,16H,4-9,13,27H2,1-3H3,(H,33,34). The predicted molar refractivity (Wildman–Crippen MR) is 151 cm³/mol. The Morgan fingerprint density at radius 2 is 2.00 bits per heavy atom. The van der Waals surface area contributed by atoms with Crippen LogP contribution in [0, 0.1) is 5.92 Å². The molecule has 4 heterocycles. The maximum atomic E-state index is 12.4. The molecule has 13 heteroatoms. The number of carbonyl (C=O) groups is 1. The van der Waals surface area contributed by atoms with Gasteiger partial charge in [-0.05, 0) is 97.3 Å². The van der Waals surface area contributed by atoms with Crippen LogP contribution in [0.1, 0.15) is 40.0 Å². The van der Waals surface area contributed by atoms with E-state index in [4.69, 9.17) is 20.2 Å². The second-order valence-corrected chi connectivity index (χ2v) is 13.5. The van der Waals surface area contributed by atoms with Crippen LogP contribution >= 0.6 is 39.5 Å². The van der Waals surface area contributed by atoms with Gasteiger partial charge in [0.2, 0.25) is 6.79 Å². The van der Waals surface area contributed by atoms with E-state index < -0.39 is 11.6 Å². The largest absolute Gasteiger partial charge is 0.465 e. The number of fused-ring (bicyclic) bond motifs is 2. The number of thioether (sulfide) groups is 1. The quantitative estimate of drug-likeness (QED) is 0.339. The SMILES string of the molecule is CC(C)(C)N(C(=O)O)C(CCn1cnc(N)c2nc(Sc3cc4c(cc3Br)OCO4)nc1-2)C1CCSCC1. The number of ether oxygens (including phenoxy) is 2. The molecule has 0 saturated carbocycles. The van der Waals surface area contributed by atoms with Crippen LogP contribution < -0.4 is 15.2 Å². The number of hydrogen-bond acceptors (Lipinski definition) is 9. The number of anilines is 1. The molecule has 3 N–H and O–H groups in total. The first kappa shape index (κ1) is 27.2. The molecular formula is C25H31BrN6O4S2. The van der Waals surface area contributed by atoms with Gasteiger partial charge in [0.05, 0.1) is 6.33 Å². The number of aromatic nitrogens is 4. The van der Waals surface area contributed by atoms with Crippen molar-refractivity contribution in [3.63, 3.8) is 0 Å². The number of hydrogen-bond donors (Lipinski definition) is 2. The second-order valence-electron chi connectivity index (χ2n) is 10.4. The smallest absolute Gasteiger partial charge is 0.407 e. The van der Waals surface area contributed by atoms with Crippen LogP contribution in [-0.2, 0) is 6.54 Å². The molecular weight excluding hydrogens is 592 g/mol. The van der Waals surface area contributed by atoms with Gasteiger partial charge in [-0.25, -0.2) is 19.7 Å². The van der Waals surface area contributed by atoms with Gasteiger partial charge >= 0.3 is 6.09 Å². The number of nitrogen functional groups attached to an aromatic ring is 1. The normalized spacial score (nSPS) is 16.6. The summed E-state index contributed by atoms with van der Waals surface area (Å²) in [5.41, 5.74) is 6.20. The molecule has 1 atom stereocenters. The summed E-state index contributed by atoms with van der Waals surface area (Å²) >= 11 is 6.92. The number of benzene rings is 1. The second kappa shape index (κ2) is 11.0. The van der Waals surface area contributed by atoms with Crippen molar-refractivity contribution in [2.75, 3.05) is 24.0 Å². The number of amides is 1. The highest BCUT2D eigenvalue weighted by atomic mass is 79.9. The van der Waals surface area contributed by atoms with Crippen LogP contribution in [0.15, 0.2) is 33.0 Å². The molecule has 0 bridgehead atoms. The molecule has 1 saturated heterocycles. The minimum absolute atomic E-state index is 0.116. The van der Waals surface area contributed by atoms with Gasteiger partial charge in [0.25, 0.3) is 0 Å². The lowest BCUT2D eigenvalue weighted by molar-refractivity contribution is 0.0409. The van der Waals surface area contributed by atoms with Gasteiger partial charge in [0.1, 0.15) is 0 Å². The van der Waals surface area contributed by atoms with E-state index in [0.29, 0.717) is 52.9 Å². The Labute approximate surface area is 238 Å². The number of nitrogens with zero attached hydrogens (tertiary/aromatic N) is 5. The predicted octanol–water partition coefficient (Wildman–Crippen LogP) is 5.68. The van der Waals surface area contributed by atoms with Crippen molar-refractivity contribution < 1.29 is 19.4 Å². The van der Waals surface area contributed by atoms with Gasteiger partial charge in [-0.3, -0.25) is 0 Å². The molecule has 0 aliphatic carbocycles. The van der Waals surface area contributed by atoms with E-state index in [0.717, 1.165) is 33.7 Å². The Morgan fingerprint density at radius 1 is 1.29 bits per heavy atom. The van der Waals surface area contributed by atoms with Crippen molar-refractivity contribution in [2.24, 2.45) is 5.92 Å². The summed E-state index contributed by atoms with van der Waals surface area (Å²) in [7, 11) is 0. The number of rotatable bonds is 7. The molecule has 1 amide bonds. The van der Waals surface area contributed by atoms with Gasteiger partial charge in [-0.2, -0.15) is 11.8 Å². The van der Waals surface area contributed by atoms with Gasteiger partial charge < -0.3 is 29.8 Å². The summed E-state index contributed by atoms with van der Waals surface area (Å²) in [4.78, 5) is 28.8. The number of nitrogens with two attached hydrogens (primary N) is 1. The minimum atomic E-state index is -0.882. The molecule has 4 aliphatic rings. The Kier molecular flexibility index (Phi) is 7.88. The molecule has 0 aromatic heterocycles. The van der Waals surface area contributed by atoms with E-state index in [-0.39, 0.29) is 12.8 Å². The Hall–Kier alpha value is -2.38. The van der Waals surface area contributed by atoms with Crippen LogP contribution in [0.5, 0.6) is 11.5 Å². The molecule has 1 fully saturated rings. The monoisotopic (exact) mass is 622 g/mol. The van der Waals surface area contributed by atoms with Crippen LogP contribution in [0.25, 0.3) is 11.5 Å². The number of aryl methyl sites for hydroxylation is 1. The summed E-state index contributed by atoms with van der Waals surface area (Å²) in [6.07, 6.45) is 3.46. The highest BCUT2D eigenvalue weighted by Gasteiger charge is 2.38. The first-order valence-corrected chi connectivity index (χ1v) is 15.2. The van der Waals surface area contributed by atoms with Crippen molar-refractivity contribution in [3.8, 4) is 23.0 Å². The van der Waals surface area contributed by atoms with Crippen molar-refractivity contribution in [1.82, 2.24) is 24.4 Å². The zero-order chi connectivity index (χ0) is 27.0. The fourth-order valence-corrected chi connectivity index (χ4v) is 7.59. The fourth-order valence-electron chi connectivity index (χ4n) is 5.09. The molecule has 10 nitrogen and oxygen atoms in total. The van der Waals surface area contributed by atoms with Crippen LogP contribution in [-0.4, -0.2) is 65.5 Å². The summed E-state index contributed by atoms with van der Waals surface area (Å²) in [5.74, 6) is 4.74.